The maximum absolute atomic E-state index is 12.5. The molecule has 3 aliphatic rings. The fourth-order valence-corrected chi connectivity index (χ4v) is 5.41. The summed E-state index contributed by atoms with van der Waals surface area (Å²) in [4.78, 5) is 38.1. The van der Waals surface area contributed by atoms with Gasteiger partial charge < -0.3 is 20.1 Å². The van der Waals surface area contributed by atoms with Crippen molar-refractivity contribution < 1.29 is 19.1 Å². The van der Waals surface area contributed by atoms with E-state index in [0.717, 1.165) is 46.1 Å². The lowest BCUT2D eigenvalue weighted by Gasteiger charge is -2.40. The van der Waals surface area contributed by atoms with Crippen LogP contribution in [-0.2, 0) is 9.53 Å². The van der Waals surface area contributed by atoms with Crippen molar-refractivity contribution in [3.63, 3.8) is 0 Å². The standard InChI is InChI=1S/C24H24N6O4S/c1-33-22-5-3-17-23(28-22)18(6-7-25-17)26-14-9-29(10-14)11-16-12-30(24(32)34-16)15-2-4-20-19(8-15)27-21(31)13-35-20/h2-8,14,16H,9-13H2,1H3,(H,25,26)(H,27,31)/t16-/m1/s1. The molecule has 10 nitrogen and oxygen atoms in total. The maximum Gasteiger partial charge on any atom is 0.414 e. The highest BCUT2D eigenvalue weighted by Gasteiger charge is 2.37. The summed E-state index contributed by atoms with van der Waals surface area (Å²) in [5, 5.41) is 6.42. The van der Waals surface area contributed by atoms with Gasteiger partial charge in [0.1, 0.15) is 11.6 Å². The minimum absolute atomic E-state index is 0.0304. The number of aromatic nitrogens is 2. The zero-order valence-corrected chi connectivity index (χ0v) is 19.9. The molecule has 0 bridgehead atoms. The molecule has 0 unspecified atom stereocenters. The molecular weight excluding hydrogens is 468 g/mol. The first-order valence-corrected chi connectivity index (χ1v) is 12.4. The van der Waals surface area contributed by atoms with Crippen molar-refractivity contribution in [3.8, 4) is 5.88 Å². The number of carbonyl (C=O) groups is 2. The van der Waals surface area contributed by atoms with Gasteiger partial charge in [0.25, 0.3) is 0 Å². The third-order valence-electron chi connectivity index (χ3n) is 6.33. The molecule has 2 N–H and O–H groups in total. The summed E-state index contributed by atoms with van der Waals surface area (Å²) in [6.07, 6.45) is 1.20. The molecule has 2 saturated heterocycles. The number of methoxy groups -OCH3 is 1. The van der Waals surface area contributed by atoms with E-state index < -0.39 is 0 Å². The molecule has 11 heteroatoms. The lowest BCUT2D eigenvalue weighted by molar-refractivity contribution is -0.113. The van der Waals surface area contributed by atoms with Gasteiger partial charge in [-0.3, -0.25) is 19.6 Å². The summed E-state index contributed by atoms with van der Waals surface area (Å²) in [5.74, 6) is 0.933. The fourth-order valence-electron chi connectivity index (χ4n) is 4.62. The number of amides is 2. The number of likely N-dealkylation sites (tertiary alicyclic amines) is 1. The van der Waals surface area contributed by atoms with Crippen LogP contribution in [0.25, 0.3) is 11.0 Å². The van der Waals surface area contributed by atoms with Crippen LogP contribution in [0.1, 0.15) is 0 Å². The van der Waals surface area contributed by atoms with Crippen LogP contribution in [0.4, 0.5) is 21.9 Å². The largest absolute Gasteiger partial charge is 0.481 e. The molecular formula is C24H24N6O4S. The Bertz CT molecular complexity index is 1310. The molecule has 1 atom stereocenters. The van der Waals surface area contributed by atoms with Gasteiger partial charge >= 0.3 is 6.09 Å². The van der Waals surface area contributed by atoms with Gasteiger partial charge in [0.15, 0.2) is 0 Å². The molecule has 3 aliphatic heterocycles. The Balaban J connectivity index is 1.05. The van der Waals surface area contributed by atoms with E-state index in [1.165, 1.54) is 11.8 Å². The van der Waals surface area contributed by atoms with Crippen LogP contribution in [-0.4, -0.2) is 78.1 Å². The number of benzene rings is 1. The number of rotatable bonds is 6. The molecule has 1 aromatic carbocycles. The Morgan fingerprint density at radius 3 is 2.94 bits per heavy atom. The first-order chi connectivity index (χ1) is 17.1. The lowest BCUT2D eigenvalue weighted by atomic mass is 10.1. The summed E-state index contributed by atoms with van der Waals surface area (Å²) in [5.41, 5.74) is 3.99. The number of nitrogens with zero attached hydrogens (tertiary/aromatic N) is 4. The Morgan fingerprint density at radius 2 is 2.09 bits per heavy atom. The van der Waals surface area contributed by atoms with Crippen LogP contribution in [0.2, 0.25) is 0 Å². The normalized spacial score (nSPS) is 20.3. The van der Waals surface area contributed by atoms with Crippen molar-refractivity contribution in [2.45, 2.75) is 17.0 Å². The van der Waals surface area contributed by atoms with E-state index in [9.17, 15) is 9.59 Å². The number of fused-ring (bicyclic) bond motifs is 2. The molecule has 6 rings (SSSR count). The lowest BCUT2D eigenvalue weighted by Crippen LogP contribution is -2.56. The van der Waals surface area contributed by atoms with Gasteiger partial charge in [-0.1, -0.05) is 0 Å². The number of nitrogens with one attached hydrogen (secondary N) is 2. The van der Waals surface area contributed by atoms with Crippen LogP contribution < -0.4 is 20.3 Å². The van der Waals surface area contributed by atoms with Crippen molar-refractivity contribution >= 4 is 51.9 Å². The van der Waals surface area contributed by atoms with E-state index >= 15 is 0 Å². The van der Waals surface area contributed by atoms with Crippen molar-refractivity contribution in [2.24, 2.45) is 0 Å². The third-order valence-corrected chi connectivity index (χ3v) is 7.40. The molecule has 3 aromatic rings. The fraction of sp³-hybridized carbons (Fsp3) is 0.333. The van der Waals surface area contributed by atoms with Crippen LogP contribution >= 0.6 is 11.8 Å². The SMILES string of the molecule is COc1ccc2nccc(NC3CN(C[C@@H]4CN(c5ccc6c(c5)NC(=O)CS6)C(=O)O4)C3)c2n1. The minimum Gasteiger partial charge on any atom is -0.481 e. The second kappa shape index (κ2) is 8.90. The van der Waals surface area contributed by atoms with E-state index in [2.05, 4.69) is 25.5 Å². The first-order valence-electron chi connectivity index (χ1n) is 11.4. The van der Waals surface area contributed by atoms with Crippen LogP contribution in [0.3, 0.4) is 0 Å². The molecule has 0 saturated carbocycles. The number of hydrogen-bond donors (Lipinski definition) is 2. The molecule has 2 fully saturated rings. The predicted molar refractivity (Wildman–Crippen MR) is 133 cm³/mol. The quantitative estimate of drug-likeness (QED) is 0.537. The highest BCUT2D eigenvalue weighted by atomic mass is 32.2. The van der Waals surface area contributed by atoms with Gasteiger partial charge in [0.05, 0.1) is 42.3 Å². The highest BCUT2D eigenvalue weighted by Crippen LogP contribution is 2.35. The summed E-state index contributed by atoms with van der Waals surface area (Å²) in [6, 6.07) is 11.6. The number of cyclic esters (lactones) is 1. The molecule has 0 radical (unpaired) electrons. The second-order valence-corrected chi connectivity index (χ2v) is 9.79. The molecule has 0 spiro atoms. The summed E-state index contributed by atoms with van der Waals surface area (Å²) < 4.78 is 10.9. The summed E-state index contributed by atoms with van der Waals surface area (Å²) in [7, 11) is 1.60. The van der Waals surface area contributed by atoms with Crippen molar-refractivity contribution in [1.82, 2.24) is 14.9 Å². The zero-order chi connectivity index (χ0) is 23.9. The Morgan fingerprint density at radius 1 is 1.20 bits per heavy atom. The maximum atomic E-state index is 12.5. The van der Waals surface area contributed by atoms with Crippen LogP contribution in [0.15, 0.2) is 47.5 Å². The van der Waals surface area contributed by atoms with E-state index in [-0.39, 0.29) is 24.1 Å². The Labute approximate surface area is 206 Å². The van der Waals surface area contributed by atoms with E-state index in [0.29, 0.717) is 24.7 Å². The minimum atomic E-state index is -0.358. The number of thioether (sulfide) groups is 1. The van der Waals surface area contributed by atoms with Crippen molar-refractivity contribution in [2.75, 3.05) is 54.6 Å². The second-order valence-electron chi connectivity index (χ2n) is 8.77. The van der Waals surface area contributed by atoms with E-state index in [1.807, 2.05) is 30.3 Å². The average Bonchev–Trinajstić information content (AvgIpc) is 3.22. The van der Waals surface area contributed by atoms with Gasteiger partial charge in [-0.15, -0.1) is 11.8 Å². The topological polar surface area (TPSA) is 109 Å². The van der Waals surface area contributed by atoms with Gasteiger partial charge in [-0.05, 0) is 30.3 Å². The van der Waals surface area contributed by atoms with Crippen molar-refractivity contribution in [1.29, 1.82) is 0 Å². The molecule has 2 amide bonds. The summed E-state index contributed by atoms with van der Waals surface area (Å²) in [6.45, 7) is 2.82. The number of ether oxygens (including phenoxy) is 2. The molecule has 0 aliphatic carbocycles. The zero-order valence-electron chi connectivity index (χ0n) is 19.1. The predicted octanol–water partition coefficient (Wildman–Crippen LogP) is 2.80. The summed E-state index contributed by atoms with van der Waals surface area (Å²) >= 11 is 1.50. The van der Waals surface area contributed by atoms with Crippen LogP contribution in [0.5, 0.6) is 5.88 Å². The van der Waals surface area contributed by atoms with Crippen molar-refractivity contribution in [3.05, 3.63) is 42.6 Å². The number of anilines is 3. The monoisotopic (exact) mass is 492 g/mol. The highest BCUT2D eigenvalue weighted by molar-refractivity contribution is 8.00. The molecule has 180 valence electrons. The number of carbonyl (C=O) groups excluding carboxylic acids is 2. The van der Waals surface area contributed by atoms with Crippen LogP contribution in [0, 0.1) is 0 Å². The molecule has 5 heterocycles. The third kappa shape index (κ3) is 4.32. The number of hydrogen-bond acceptors (Lipinski definition) is 9. The first kappa shape index (κ1) is 21.9. The average molecular weight is 493 g/mol. The van der Waals surface area contributed by atoms with Gasteiger partial charge in [0, 0.05) is 42.5 Å². The molecule has 2 aromatic heterocycles. The smallest absolute Gasteiger partial charge is 0.414 e. The molecule has 35 heavy (non-hydrogen) atoms. The Hall–Kier alpha value is -3.57. The number of pyridine rings is 2. The van der Waals surface area contributed by atoms with Gasteiger partial charge in [0.2, 0.25) is 11.8 Å². The van der Waals surface area contributed by atoms with Gasteiger partial charge in [-0.25, -0.2) is 9.78 Å². The van der Waals surface area contributed by atoms with Gasteiger partial charge in [-0.2, -0.15) is 0 Å². The van der Waals surface area contributed by atoms with E-state index in [4.69, 9.17) is 9.47 Å². The van der Waals surface area contributed by atoms with E-state index in [1.54, 1.807) is 24.3 Å². The Kier molecular flexibility index (Phi) is 5.57.